The summed E-state index contributed by atoms with van der Waals surface area (Å²) >= 11 is 0. The van der Waals surface area contributed by atoms with Gasteiger partial charge in [0.2, 0.25) is 15.9 Å². The maximum Gasteiger partial charge on any atom is 0.414 e. The summed E-state index contributed by atoms with van der Waals surface area (Å²) < 4.78 is 32.5. The van der Waals surface area contributed by atoms with E-state index < -0.39 is 16.1 Å². The van der Waals surface area contributed by atoms with Crippen LogP contribution in [0.1, 0.15) is 24.8 Å². The second-order valence-corrected chi connectivity index (χ2v) is 9.74. The Labute approximate surface area is 181 Å². The summed E-state index contributed by atoms with van der Waals surface area (Å²) in [5.74, 6) is -0.0654. The molecular formula is C22H25N3O5S. The smallest absolute Gasteiger partial charge is 0.414 e. The van der Waals surface area contributed by atoms with Gasteiger partial charge in [0.15, 0.2) is 0 Å². The summed E-state index contributed by atoms with van der Waals surface area (Å²) in [4.78, 5) is 25.1. The molecule has 2 aliphatic heterocycles. The first-order valence-corrected chi connectivity index (χ1v) is 11.7. The summed E-state index contributed by atoms with van der Waals surface area (Å²) in [5, 5.41) is 2.66. The topological polar surface area (TPSA) is 96.0 Å². The minimum atomic E-state index is -3.49. The largest absolute Gasteiger partial charge is 0.442 e. The molecule has 2 aromatic rings. The van der Waals surface area contributed by atoms with Crippen molar-refractivity contribution in [1.82, 2.24) is 9.62 Å². The molecule has 2 saturated heterocycles. The SMILES string of the molecule is CC(=O)NC[C@H]1CN(c2ccc(C3CCN(S(=O)(=O)c4ccccc4)C3)cc2)C(=O)O1. The van der Waals surface area contributed by atoms with Gasteiger partial charge in [-0.05, 0) is 42.2 Å². The Morgan fingerprint density at radius 3 is 2.48 bits per heavy atom. The van der Waals surface area contributed by atoms with E-state index in [-0.39, 0.29) is 24.5 Å². The highest BCUT2D eigenvalue weighted by Gasteiger charge is 2.34. The Balaban J connectivity index is 1.40. The van der Waals surface area contributed by atoms with E-state index in [4.69, 9.17) is 4.74 Å². The number of carbonyl (C=O) groups excluding carboxylic acids is 2. The van der Waals surface area contributed by atoms with E-state index in [1.54, 1.807) is 30.3 Å². The van der Waals surface area contributed by atoms with Gasteiger partial charge < -0.3 is 10.1 Å². The van der Waals surface area contributed by atoms with Crippen LogP contribution >= 0.6 is 0 Å². The fourth-order valence-electron chi connectivity index (χ4n) is 3.98. The van der Waals surface area contributed by atoms with Crippen LogP contribution < -0.4 is 10.2 Å². The van der Waals surface area contributed by atoms with Gasteiger partial charge >= 0.3 is 6.09 Å². The van der Waals surface area contributed by atoms with Crippen LogP contribution in [0.2, 0.25) is 0 Å². The zero-order valence-corrected chi connectivity index (χ0v) is 18.0. The number of nitrogens with one attached hydrogen (secondary N) is 1. The number of amides is 2. The lowest BCUT2D eigenvalue weighted by atomic mass is 9.98. The third-order valence-electron chi connectivity index (χ3n) is 5.66. The van der Waals surface area contributed by atoms with Crippen LogP contribution in [0, 0.1) is 0 Å². The normalized spacial score (nSPS) is 21.8. The molecule has 164 valence electrons. The zero-order valence-electron chi connectivity index (χ0n) is 17.2. The molecule has 1 unspecified atom stereocenters. The molecule has 9 heteroatoms. The van der Waals surface area contributed by atoms with E-state index >= 15 is 0 Å². The van der Waals surface area contributed by atoms with Gasteiger partial charge in [-0.25, -0.2) is 13.2 Å². The lowest BCUT2D eigenvalue weighted by Gasteiger charge is -2.18. The van der Waals surface area contributed by atoms with E-state index in [1.807, 2.05) is 24.3 Å². The van der Waals surface area contributed by atoms with E-state index in [2.05, 4.69) is 5.32 Å². The van der Waals surface area contributed by atoms with Crippen LogP contribution in [0.5, 0.6) is 0 Å². The highest BCUT2D eigenvalue weighted by molar-refractivity contribution is 7.89. The number of cyclic esters (lactones) is 1. The van der Waals surface area contributed by atoms with Gasteiger partial charge in [-0.15, -0.1) is 0 Å². The molecule has 0 bridgehead atoms. The Morgan fingerprint density at radius 2 is 1.81 bits per heavy atom. The first-order chi connectivity index (χ1) is 14.8. The average Bonchev–Trinajstić information content (AvgIpc) is 3.40. The number of sulfonamides is 1. The van der Waals surface area contributed by atoms with Crippen molar-refractivity contribution in [2.45, 2.75) is 30.3 Å². The van der Waals surface area contributed by atoms with Gasteiger partial charge in [-0.1, -0.05) is 30.3 Å². The fraction of sp³-hybridized carbons (Fsp3) is 0.364. The molecule has 31 heavy (non-hydrogen) atoms. The number of benzene rings is 2. The van der Waals surface area contributed by atoms with Crippen molar-refractivity contribution in [2.24, 2.45) is 0 Å². The van der Waals surface area contributed by atoms with Gasteiger partial charge in [-0.2, -0.15) is 4.31 Å². The van der Waals surface area contributed by atoms with Crippen molar-refractivity contribution in [1.29, 1.82) is 0 Å². The predicted molar refractivity (Wildman–Crippen MR) is 115 cm³/mol. The number of carbonyl (C=O) groups is 2. The monoisotopic (exact) mass is 443 g/mol. The molecule has 1 N–H and O–H groups in total. The summed E-state index contributed by atoms with van der Waals surface area (Å²) in [7, 11) is -3.49. The van der Waals surface area contributed by atoms with Gasteiger partial charge in [0.25, 0.3) is 0 Å². The molecule has 0 saturated carbocycles. The van der Waals surface area contributed by atoms with E-state index in [0.717, 1.165) is 12.0 Å². The molecule has 2 aliphatic rings. The van der Waals surface area contributed by atoms with Crippen molar-refractivity contribution >= 4 is 27.7 Å². The van der Waals surface area contributed by atoms with Crippen molar-refractivity contribution < 1.29 is 22.7 Å². The van der Waals surface area contributed by atoms with Crippen LogP contribution in [-0.2, 0) is 19.6 Å². The molecule has 2 fully saturated rings. The Morgan fingerprint density at radius 1 is 1.10 bits per heavy atom. The van der Waals surface area contributed by atoms with Gasteiger partial charge in [0.1, 0.15) is 6.10 Å². The van der Waals surface area contributed by atoms with Crippen molar-refractivity contribution in [3.05, 3.63) is 60.2 Å². The lowest BCUT2D eigenvalue weighted by molar-refractivity contribution is -0.119. The Kier molecular flexibility index (Phi) is 5.97. The second-order valence-electron chi connectivity index (χ2n) is 7.81. The molecule has 0 radical (unpaired) electrons. The Bertz CT molecular complexity index is 1060. The number of hydrogen-bond donors (Lipinski definition) is 1. The molecule has 2 heterocycles. The summed E-state index contributed by atoms with van der Waals surface area (Å²) in [5.41, 5.74) is 1.75. The molecule has 2 aromatic carbocycles. The quantitative estimate of drug-likeness (QED) is 0.739. The molecule has 2 atom stereocenters. The van der Waals surface area contributed by atoms with E-state index in [0.29, 0.717) is 30.2 Å². The molecular weight excluding hydrogens is 418 g/mol. The zero-order chi connectivity index (χ0) is 22.0. The molecule has 0 spiro atoms. The van der Waals surface area contributed by atoms with Crippen LogP contribution in [0.3, 0.4) is 0 Å². The minimum Gasteiger partial charge on any atom is -0.442 e. The van der Waals surface area contributed by atoms with Gasteiger partial charge in [0.05, 0.1) is 18.0 Å². The average molecular weight is 444 g/mol. The van der Waals surface area contributed by atoms with E-state index in [9.17, 15) is 18.0 Å². The summed E-state index contributed by atoms with van der Waals surface area (Å²) in [6.07, 6.45) is -0.0811. The lowest BCUT2D eigenvalue weighted by Crippen LogP contribution is -2.33. The molecule has 0 aliphatic carbocycles. The van der Waals surface area contributed by atoms with Crippen molar-refractivity contribution in [3.63, 3.8) is 0 Å². The minimum absolute atomic E-state index is 0.102. The molecule has 8 nitrogen and oxygen atoms in total. The summed E-state index contributed by atoms with van der Waals surface area (Å²) in [6, 6.07) is 16.1. The molecule has 4 rings (SSSR count). The number of anilines is 1. The van der Waals surface area contributed by atoms with E-state index in [1.165, 1.54) is 16.1 Å². The third-order valence-corrected chi connectivity index (χ3v) is 7.54. The maximum absolute atomic E-state index is 12.8. The number of nitrogens with zero attached hydrogens (tertiary/aromatic N) is 2. The van der Waals surface area contributed by atoms with Crippen LogP contribution in [-0.4, -0.2) is 57.0 Å². The van der Waals surface area contributed by atoms with Gasteiger partial charge in [-0.3, -0.25) is 9.69 Å². The molecule has 2 amide bonds. The van der Waals surface area contributed by atoms with Crippen LogP contribution in [0.25, 0.3) is 0 Å². The highest BCUT2D eigenvalue weighted by atomic mass is 32.2. The summed E-state index contributed by atoms with van der Waals surface area (Å²) in [6.45, 7) is 2.98. The van der Waals surface area contributed by atoms with Crippen molar-refractivity contribution in [2.75, 3.05) is 31.1 Å². The first-order valence-electron chi connectivity index (χ1n) is 10.2. The molecule has 0 aromatic heterocycles. The number of ether oxygens (including phenoxy) is 1. The van der Waals surface area contributed by atoms with Crippen LogP contribution in [0.15, 0.2) is 59.5 Å². The third kappa shape index (κ3) is 4.57. The number of hydrogen-bond acceptors (Lipinski definition) is 5. The fourth-order valence-corrected chi connectivity index (χ4v) is 5.50. The van der Waals surface area contributed by atoms with Gasteiger partial charge in [0, 0.05) is 25.7 Å². The predicted octanol–water partition coefficient (Wildman–Crippen LogP) is 2.33. The first kappa shape index (κ1) is 21.3. The Hall–Kier alpha value is -2.91. The number of rotatable bonds is 6. The second kappa shape index (κ2) is 8.68. The maximum atomic E-state index is 12.8. The van der Waals surface area contributed by atoms with Crippen LogP contribution in [0.4, 0.5) is 10.5 Å². The van der Waals surface area contributed by atoms with Crippen molar-refractivity contribution in [3.8, 4) is 0 Å². The highest BCUT2D eigenvalue weighted by Crippen LogP contribution is 2.32. The standard InChI is InChI=1S/C22H25N3O5S/c1-16(26)23-13-20-15-25(22(27)30-20)19-9-7-17(8-10-19)18-11-12-24(14-18)31(28,29)21-5-3-2-4-6-21/h2-10,18,20H,11-15H2,1H3,(H,23,26)/t18?,20-/m0/s1.